The van der Waals surface area contributed by atoms with Crippen molar-refractivity contribution in [3.8, 4) is 0 Å². The molecular weight excluding hydrogens is 303 g/mol. The standard InChI is InChI=1S/C16H21FN2O2S/c1-11-2-3-14(22-11)16(21)18-6-4-13(5-7-18)19-10-12(9-17)8-15(19)20/h2-3,12-13H,4-10H2,1H3. The van der Waals surface area contributed by atoms with Gasteiger partial charge in [0.15, 0.2) is 0 Å². The molecule has 2 amide bonds. The van der Waals surface area contributed by atoms with E-state index >= 15 is 0 Å². The molecule has 0 aromatic carbocycles. The van der Waals surface area contributed by atoms with Gasteiger partial charge in [-0.05, 0) is 31.9 Å². The molecule has 0 aliphatic carbocycles. The summed E-state index contributed by atoms with van der Waals surface area (Å²) >= 11 is 1.52. The van der Waals surface area contributed by atoms with Gasteiger partial charge in [-0.2, -0.15) is 0 Å². The van der Waals surface area contributed by atoms with Gasteiger partial charge in [0.2, 0.25) is 5.91 Å². The normalized spacial score (nSPS) is 23.4. The molecular formula is C16H21FN2O2S. The molecule has 4 nitrogen and oxygen atoms in total. The van der Waals surface area contributed by atoms with Gasteiger partial charge in [-0.1, -0.05) is 0 Å². The number of piperidine rings is 1. The molecule has 1 aromatic rings. The molecule has 2 saturated heterocycles. The second-order valence-electron chi connectivity index (χ2n) is 6.20. The van der Waals surface area contributed by atoms with Crippen LogP contribution in [0.25, 0.3) is 0 Å². The molecule has 3 heterocycles. The third-order valence-electron chi connectivity index (χ3n) is 4.60. The molecule has 1 unspecified atom stereocenters. The molecule has 1 aromatic heterocycles. The zero-order chi connectivity index (χ0) is 15.7. The van der Waals surface area contributed by atoms with Crippen molar-refractivity contribution in [1.29, 1.82) is 0 Å². The number of halogens is 1. The largest absolute Gasteiger partial charge is 0.339 e. The van der Waals surface area contributed by atoms with Crippen LogP contribution >= 0.6 is 11.3 Å². The molecule has 1 atom stereocenters. The lowest BCUT2D eigenvalue weighted by Gasteiger charge is -2.36. The highest BCUT2D eigenvalue weighted by Crippen LogP contribution is 2.27. The van der Waals surface area contributed by atoms with Gasteiger partial charge < -0.3 is 9.80 Å². The van der Waals surface area contributed by atoms with Crippen LogP contribution < -0.4 is 0 Å². The SMILES string of the molecule is Cc1ccc(C(=O)N2CCC(N3CC(CF)CC3=O)CC2)s1. The Morgan fingerprint density at radius 3 is 2.64 bits per heavy atom. The molecule has 2 fully saturated rings. The molecule has 0 saturated carbocycles. The number of rotatable bonds is 3. The maximum absolute atomic E-state index is 12.7. The number of thiophene rings is 1. The lowest BCUT2D eigenvalue weighted by molar-refractivity contribution is -0.130. The number of carbonyl (C=O) groups excluding carboxylic acids is 2. The Bertz CT molecular complexity index is 566. The summed E-state index contributed by atoms with van der Waals surface area (Å²) in [5.41, 5.74) is 0. The Morgan fingerprint density at radius 2 is 2.09 bits per heavy atom. The summed E-state index contributed by atoms with van der Waals surface area (Å²) in [5, 5.41) is 0. The fourth-order valence-electron chi connectivity index (χ4n) is 3.35. The monoisotopic (exact) mass is 324 g/mol. The van der Waals surface area contributed by atoms with E-state index in [1.807, 2.05) is 28.9 Å². The first-order chi connectivity index (χ1) is 10.6. The summed E-state index contributed by atoms with van der Waals surface area (Å²) in [6.07, 6.45) is 1.92. The first-order valence-corrected chi connectivity index (χ1v) is 8.61. The van der Waals surface area contributed by atoms with E-state index in [1.54, 1.807) is 0 Å². The second kappa shape index (κ2) is 6.36. The van der Waals surface area contributed by atoms with Crippen molar-refractivity contribution in [3.63, 3.8) is 0 Å². The summed E-state index contributed by atoms with van der Waals surface area (Å²) in [4.78, 5) is 30.0. The van der Waals surface area contributed by atoms with Crippen LogP contribution in [-0.2, 0) is 4.79 Å². The average molecular weight is 324 g/mol. The van der Waals surface area contributed by atoms with E-state index in [9.17, 15) is 14.0 Å². The molecule has 0 bridgehead atoms. The maximum atomic E-state index is 12.7. The van der Waals surface area contributed by atoms with Gasteiger partial charge >= 0.3 is 0 Å². The van der Waals surface area contributed by atoms with Crippen LogP contribution in [0.5, 0.6) is 0 Å². The molecule has 0 spiro atoms. The minimum Gasteiger partial charge on any atom is -0.339 e. The van der Waals surface area contributed by atoms with Crippen molar-refractivity contribution >= 4 is 23.2 Å². The summed E-state index contributed by atoms with van der Waals surface area (Å²) in [5.74, 6) is 0.0218. The molecule has 6 heteroatoms. The minimum absolute atomic E-state index is 0.0707. The molecule has 0 N–H and O–H groups in total. The Morgan fingerprint density at radius 1 is 1.36 bits per heavy atom. The van der Waals surface area contributed by atoms with Crippen LogP contribution in [0.3, 0.4) is 0 Å². The van der Waals surface area contributed by atoms with Crippen molar-refractivity contribution in [2.75, 3.05) is 26.3 Å². The minimum atomic E-state index is -0.419. The van der Waals surface area contributed by atoms with E-state index in [1.165, 1.54) is 11.3 Å². The summed E-state index contributed by atoms with van der Waals surface area (Å²) < 4.78 is 12.7. The first kappa shape index (κ1) is 15.5. The number of alkyl halides is 1. The van der Waals surface area contributed by atoms with Gasteiger partial charge in [0.05, 0.1) is 11.6 Å². The number of carbonyl (C=O) groups is 2. The Hall–Kier alpha value is -1.43. The van der Waals surface area contributed by atoms with Crippen molar-refractivity contribution in [3.05, 3.63) is 21.9 Å². The lowest BCUT2D eigenvalue weighted by atomic mass is 10.0. The van der Waals surface area contributed by atoms with Crippen LogP contribution in [-0.4, -0.2) is 54.0 Å². The highest BCUT2D eigenvalue weighted by Gasteiger charge is 2.36. The predicted molar refractivity (Wildman–Crippen MR) is 83.8 cm³/mol. The van der Waals surface area contributed by atoms with E-state index < -0.39 is 6.67 Å². The van der Waals surface area contributed by atoms with E-state index in [2.05, 4.69) is 0 Å². The summed E-state index contributed by atoms with van der Waals surface area (Å²) in [7, 11) is 0. The Balaban J connectivity index is 1.56. The quantitative estimate of drug-likeness (QED) is 0.857. The van der Waals surface area contributed by atoms with E-state index in [0.29, 0.717) is 26.1 Å². The Kier molecular flexibility index (Phi) is 4.47. The maximum Gasteiger partial charge on any atom is 0.263 e. The third kappa shape index (κ3) is 3.02. The van der Waals surface area contributed by atoms with Gasteiger partial charge in [0.25, 0.3) is 5.91 Å². The second-order valence-corrected chi connectivity index (χ2v) is 7.49. The number of hydrogen-bond acceptors (Lipinski definition) is 3. The van der Waals surface area contributed by atoms with Crippen LogP contribution in [0.4, 0.5) is 4.39 Å². The van der Waals surface area contributed by atoms with Crippen LogP contribution in [0, 0.1) is 12.8 Å². The Labute approximate surface area is 133 Å². The summed E-state index contributed by atoms with van der Waals surface area (Å²) in [6.45, 7) is 3.46. The van der Waals surface area contributed by atoms with Crippen LogP contribution in [0.15, 0.2) is 12.1 Å². The number of likely N-dealkylation sites (tertiary alicyclic amines) is 2. The molecule has 22 heavy (non-hydrogen) atoms. The van der Waals surface area contributed by atoms with Crippen molar-refractivity contribution in [2.24, 2.45) is 5.92 Å². The van der Waals surface area contributed by atoms with Gasteiger partial charge in [0.1, 0.15) is 0 Å². The highest BCUT2D eigenvalue weighted by atomic mass is 32.1. The van der Waals surface area contributed by atoms with Crippen molar-refractivity contribution in [2.45, 2.75) is 32.2 Å². The smallest absolute Gasteiger partial charge is 0.263 e. The predicted octanol–water partition coefficient (Wildman–Crippen LogP) is 2.48. The summed E-state index contributed by atoms with van der Waals surface area (Å²) in [6, 6.07) is 4.01. The fraction of sp³-hybridized carbons (Fsp3) is 0.625. The molecule has 0 radical (unpaired) electrons. The molecule has 3 rings (SSSR count). The van der Waals surface area contributed by atoms with Gasteiger partial charge in [0, 0.05) is 42.9 Å². The van der Waals surface area contributed by atoms with Gasteiger partial charge in [-0.15, -0.1) is 11.3 Å². The first-order valence-electron chi connectivity index (χ1n) is 7.79. The highest BCUT2D eigenvalue weighted by molar-refractivity contribution is 7.13. The average Bonchev–Trinajstić information content (AvgIpc) is 3.12. The zero-order valence-electron chi connectivity index (χ0n) is 12.8. The van der Waals surface area contributed by atoms with Gasteiger partial charge in [-0.25, -0.2) is 0 Å². The van der Waals surface area contributed by atoms with E-state index in [-0.39, 0.29) is 23.8 Å². The molecule has 2 aliphatic heterocycles. The number of aryl methyl sites for hydroxylation is 1. The van der Waals surface area contributed by atoms with Crippen molar-refractivity contribution in [1.82, 2.24) is 9.80 Å². The fourth-order valence-corrected chi connectivity index (χ4v) is 4.19. The molecule has 2 aliphatic rings. The lowest BCUT2D eigenvalue weighted by Crippen LogP contribution is -2.47. The van der Waals surface area contributed by atoms with E-state index in [4.69, 9.17) is 0 Å². The number of hydrogen-bond donors (Lipinski definition) is 0. The zero-order valence-corrected chi connectivity index (χ0v) is 13.6. The number of amides is 2. The van der Waals surface area contributed by atoms with Crippen LogP contribution in [0.2, 0.25) is 0 Å². The molecule has 120 valence electrons. The van der Waals surface area contributed by atoms with E-state index in [0.717, 1.165) is 22.6 Å². The van der Waals surface area contributed by atoms with Crippen molar-refractivity contribution < 1.29 is 14.0 Å². The third-order valence-corrected chi connectivity index (χ3v) is 5.59. The van der Waals surface area contributed by atoms with Crippen LogP contribution in [0.1, 0.15) is 33.8 Å². The van der Waals surface area contributed by atoms with Gasteiger partial charge in [-0.3, -0.25) is 14.0 Å². The topological polar surface area (TPSA) is 40.6 Å². The number of nitrogens with zero attached hydrogens (tertiary/aromatic N) is 2.